The van der Waals surface area contributed by atoms with E-state index >= 15 is 0 Å². The maximum absolute atomic E-state index is 12.8. The fraction of sp³-hybridized carbons (Fsp3) is 0.467. The number of rotatable bonds is 9. The van der Waals surface area contributed by atoms with E-state index in [0.29, 0.717) is 22.0 Å². The second-order valence-electron chi connectivity index (χ2n) is 4.95. The normalized spacial score (nSPS) is 11.9. The Kier molecular flexibility index (Phi) is 10.2. The first-order valence-electron chi connectivity index (χ1n) is 7.36. The molecule has 1 rings (SSSR count). The molecule has 3 N–H and O–H groups in total. The highest BCUT2D eigenvalue weighted by atomic mass is 127. The Morgan fingerprint density at radius 2 is 1.72 bits per heavy atom. The van der Waals surface area contributed by atoms with Crippen molar-refractivity contribution in [2.45, 2.75) is 19.4 Å². The summed E-state index contributed by atoms with van der Waals surface area (Å²) in [6, 6.07) is 1.75. The van der Waals surface area contributed by atoms with Crippen LogP contribution in [-0.2, 0) is 4.79 Å². The molecule has 140 valence electrons. The maximum Gasteiger partial charge on any atom is 0.344 e. The first kappa shape index (κ1) is 23.1. The number of hydrogen-bond acceptors (Lipinski definition) is 5. The molecule has 0 saturated heterocycles. The number of carboxylic acid groups (broad SMARTS) is 1. The lowest BCUT2D eigenvalue weighted by atomic mass is 10.1. The van der Waals surface area contributed by atoms with E-state index in [0.717, 1.165) is 0 Å². The number of benzene rings is 1. The highest BCUT2D eigenvalue weighted by molar-refractivity contribution is 14.1. The van der Waals surface area contributed by atoms with Gasteiger partial charge in [0.1, 0.15) is 5.75 Å². The molecule has 0 spiro atoms. The Morgan fingerprint density at radius 1 is 1.16 bits per heavy atom. The summed E-state index contributed by atoms with van der Waals surface area (Å²) in [4.78, 5) is 25.5. The number of amides is 1. The number of carbonyl (C=O) groups excluding carboxylic acids is 1. The minimum absolute atomic E-state index is 0.0977. The largest absolute Gasteiger partial charge is 0.479 e. The summed E-state index contributed by atoms with van der Waals surface area (Å²) < 4.78 is 7.55. The smallest absolute Gasteiger partial charge is 0.344 e. The predicted octanol–water partition coefficient (Wildman–Crippen LogP) is 2.17. The number of carbonyl (C=O) groups is 2. The van der Waals surface area contributed by atoms with Crippen molar-refractivity contribution in [3.63, 3.8) is 0 Å². The number of halogens is 3. The number of aliphatic carboxylic acids is 1. The average molecular weight is 689 g/mol. The van der Waals surface area contributed by atoms with Gasteiger partial charge in [0, 0.05) is 16.7 Å². The number of ether oxygens (including phenoxy) is 1. The van der Waals surface area contributed by atoms with Crippen LogP contribution in [0, 0.1) is 10.7 Å². The second kappa shape index (κ2) is 11.0. The van der Waals surface area contributed by atoms with Gasteiger partial charge in [0.15, 0.2) is 6.10 Å². The fourth-order valence-corrected chi connectivity index (χ4v) is 6.13. The molecule has 1 unspecified atom stereocenters. The van der Waals surface area contributed by atoms with Crippen molar-refractivity contribution in [2.75, 3.05) is 26.3 Å². The molecule has 0 heterocycles. The van der Waals surface area contributed by atoms with E-state index in [2.05, 4.69) is 0 Å². The summed E-state index contributed by atoms with van der Waals surface area (Å²) in [5.41, 5.74) is 0.374. The molecule has 0 radical (unpaired) electrons. The van der Waals surface area contributed by atoms with E-state index in [9.17, 15) is 14.7 Å². The molecule has 25 heavy (non-hydrogen) atoms. The molecule has 10 heteroatoms. The molecule has 0 aliphatic carbocycles. The van der Waals surface area contributed by atoms with Crippen molar-refractivity contribution in [1.29, 1.82) is 0 Å². The summed E-state index contributed by atoms with van der Waals surface area (Å²) in [6.45, 7) is 1.47. The molecule has 1 atom stereocenters. The third kappa shape index (κ3) is 6.04. The van der Waals surface area contributed by atoms with Crippen molar-refractivity contribution in [2.24, 2.45) is 0 Å². The van der Waals surface area contributed by atoms with Gasteiger partial charge in [-0.3, -0.25) is 4.79 Å². The van der Waals surface area contributed by atoms with E-state index in [4.69, 9.17) is 14.9 Å². The van der Waals surface area contributed by atoms with Crippen LogP contribution in [0.1, 0.15) is 23.7 Å². The Bertz CT molecular complexity index is 634. The van der Waals surface area contributed by atoms with Gasteiger partial charge < -0.3 is 25.0 Å². The molecule has 1 aromatic rings. The fourth-order valence-electron chi connectivity index (χ4n) is 2.04. The van der Waals surface area contributed by atoms with Crippen LogP contribution in [0.15, 0.2) is 6.07 Å². The zero-order chi connectivity index (χ0) is 19.1. The van der Waals surface area contributed by atoms with Crippen LogP contribution in [0.4, 0.5) is 0 Å². The number of carboxylic acids is 1. The van der Waals surface area contributed by atoms with Gasteiger partial charge in [-0.15, -0.1) is 0 Å². The first-order valence-corrected chi connectivity index (χ1v) is 10.6. The van der Waals surface area contributed by atoms with Crippen molar-refractivity contribution in [3.8, 4) is 5.75 Å². The topological polar surface area (TPSA) is 107 Å². The average Bonchev–Trinajstić information content (AvgIpc) is 2.53. The molecular formula is C15H18I3NO6. The standard InChI is InChI=1S/C15H18I3NO6/c1-2-10(15(23)24)25-13-9(17)7-8(16)11(12(13)18)14(22)19(3-5-20)4-6-21/h7,10,20-21H,2-6H2,1H3,(H,23,24). The molecule has 0 fully saturated rings. The van der Waals surface area contributed by atoms with Crippen LogP contribution in [0.2, 0.25) is 0 Å². The number of nitrogens with zero attached hydrogens (tertiary/aromatic N) is 1. The molecule has 7 nitrogen and oxygen atoms in total. The molecular weight excluding hydrogens is 671 g/mol. The van der Waals surface area contributed by atoms with E-state index < -0.39 is 12.1 Å². The molecule has 0 aromatic heterocycles. The van der Waals surface area contributed by atoms with Crippen LogP contribution in [0.5, 0.6) is 5.75 Å². The Hall–Kier alpha value is 0.0700. The molecule has 1 aromatic carbocycles. The lowest BCUT2D eigenvalue weighted by Gasteiger charge is -2.24. The summed E-state index contributed by atoms with van der Waals surface area (Å²) in [5.74, 6) is -1.06. The molecule has 0 saturated carbocycles. The Labute approximate surface area is 186 Å². The zero-order valence-corrected chi connectivity index (χ0v) is 19.8. The van der Waals surface area contributed by atoms with Gasteiger partial charge >= 0.3 is 5.97 Å². The van der Waals surface area contributed by atoms with E-state index in [1.54, 1.807) is 13.0 Å². The lowest BCUT2D eigenvalue weighted by Crippen LogP contribution is -2.37. The third-order valence-electron chi connectivity index (χ3n) is 3.28. The lowest BCUT2D eigenvalue weighted by molar-refractivity contribution is -0.145. The third-order valence-corrected chi connectivity index (χ3v) is 5.96. The first-order chi connectivity index (χ1) is 11.8. The SMILES string of the molecule is CCC(Oc1c(I)cc(I)c(C(=O)N(CCO)CCO)c1I)C(=O)O. The van der Waals surface area contributed by atoms with E-state index in [1.807, 2.05) is 67.8 Å². The van der Waals surface area contributed by atoms with Gasteiger partial charge in [0.05, 0.1) is 25.9 Å². The van der Waals surface area contributed by atoms with Gasteiger partial charge in [-0.2, -0.15) is 0 Å². The van der Waals surface area contributed by atoms with Crippen molar-refractivity contribution >= 4 is 79.6 Å². The Balaban J connectivity index is 3.34. The minimum Gasteiger partial charge on any atom is -0.479 e. The van der Waals surface area contributed by atoms with Crippen LogP contribution >= 0.6 is 67.8 Å². The molecule has 0 bridgehead atoms. The molecule has 0 aliphatic rings. The number of aliphatic hydroxyl groups excluding tert-OH is 2. The van der Waals surface area contributed by atoms with Gasteiger partial charge in [0.25, 0.3) is 5.91 Å². The van der Waals surface area contributed by atoms with Crippen molar-refractivity contribution in [3.05, 3.63) is 22.3 Å². The summed E-state index contributed by atoms with van der Waals surface area (Å²) in [5, 5.41) is 27.5. The van der Waals surface area contributed by atoms with E-state index in [-0.39, 0.29) is 38.6 Å². The molecule has 0 aliphatic heterocycles. The zero-order valence-electron chi connectivity index (χ0n) is 13.3. The van der Waals surface area contributed by atoms with Gasteiger partial charge in [-0.25, -0.2) is 4.79 Å². The monoisotopic (exact) mass is 689 g/mol. The molecule has 1 amide bonds. The maximum atomic E-state index is 12.8. The van der Waals surface area contributed by atoms with E-state index in [1.165, 1.54) is 4.90 Å². The number of aliphatic hydroxyl groups is 2. The van der Waals surface area contributed by atoms with Crippen LogP contribution in [-0.4, -0.2) is 64.5 Å². The van der Waals surface area contributed by atoms with Gasteiger partial charge in [0.2, 0.25) is 0 Å². The summed E-state index contributed by atoms with van der Waals surface area (Å²) in [7, 11) is 0. The van der Waals surface area contributed by atoms with Crippen molar-refractivity contribution in [1.82, 2.24) is 4.90 Å². The van der Waals surface area contributed by atoms with Gasteiger partial charge in [-0.05, 0) is 80.3 Å². The van der Waals surface area contributed by atoms with Crippen LogP contribution < -0.4 is 4.74 Å². The quantitative estimate of drug-likeness (QED) is 0.344. The minimum atomic E-state index is -1.07. The summed E-state index contributed by atoms with van der Waals surface area (Å²) in [6.07, 6.45) is -0.714. The highest BCUT2D eigenvalue weighted by Crippen LogP contribution is 2.35. The van der Waals surface area contributed by atoms with Crippen molar-refractivity contribution < 1.29 is 29.6 Å². The second-order valence-corrected chi connectivity index (χ2v) is 8.35. The highest BCUT2D eigenvalue weighted by Gasteiger charge is 2.27. The number of hydrogen-bond donors (Lipinski definition) is 3. The van der Waals surface area contributed by atoms with Crippen LogP contribution in [0.3, 0.4) is 0 Å². The van der Waals surface area contributed by atoms with Gasteiger partial charge in [-0.1, -0.05) is 6.92 Å². The van der Waals surface area contributed by atoms with Crippen LogP contribution in [0.25, 0.3) is 0 Å². The predicted molar refractivity (Wildman–Crippen MR) is 117 cm³/mol. The Morgan fingerprint density at radius 3 is 2.16 bits per heavy atom. The summed E-state index contributed by atoms with van der Waals surface area (Å²) >= 11 is 6.05.